The predicted octanol–water partition coefficient (Wildman–Crippen LogP) is 6.48. The van der Waals surface area contributed by atoms with Crippen molar-refractivity contribution in [2.75, 3.05) is 0 Å². The first-order valence-corrected chi connectivity index (χ1v) is 9.86. The fourth-order valence-electron chi connectivity index (χ4n) is 3.67. The summed E-state index contributed by atoms with van der Waals surface area (Å²) in [6.07, 6.45) is -0.296. The average molecular weight is 380 g/mol. The van der Waals surface area contributed by atoms with Crippen molar-refractivity contribution >= 4 is 0 Å². The van der Waals surface area contributed by atoms with Gasteiger partial charge in [0, 0.05) is 11.1 Å². The summed E-state index contributed by atoms with van der Waals surface area (Å²) >= 11 is 0. The third-order valence-electron chi connectivity index (χ3n) is 5.06. The van der Waals surface area contributed by atoms with Gasteiger partial charge >= 0.3 is 0 Å². The van der Waals surface area contributed by atoms with Gasteiger partial charge in [0.1, 0.15) is 17.6 Å². The van der Waals surface area contributed by atoms with Crippen molar-refractivity contribution in [1.82, 2.24) is 0 Å². The van der Waals surface area contributed by atoms with E-state index in [2.05, 4.69) is 31.2 Å². The summed E-state index contributed by atoms with van der Waals surface area (Å²) in [4.78, 5) is 0. The van der Waals surface area contributed by atoms with E-state index in [1.54, 1.807) is 0 Å². The molecule has 0 aliphatic heterocycles. The Balaban J connectivity index is 1.87. The first-order valence-electron chi connectivity index (χ1n) is 9.86. The highest BCUT2D eigenvalue weighted by Gasteiger charge is 2.44. The van der Waals surface area contributed by atoms with Crippen LogP contribution < -0.4 is 9.47 Å². The van der Waals surface area contributed by atoms with Crippen LogP contribution in [0.1, 0.15) is 18.1 Å². The van der Waals surface area contributed by atoms with Gasteiger partial charge in [0.05, 0.1) is 0 Å². The van der Waals surface area contributed by atoms with Gasteiger partial charge in [-0.05, 0) is 31.2 Å². The molecule has 0 bridgehead atoms. The highest BCUT2D eigenvalue weighted by Crippen LogP contribution is 2.39. The summed E-state index contributed by atoms with van der Waals surface area (Å²) in [6, 6.07) is 40.4. The van der Waals surface area contributed by atoms with Crippen molar-refractivity contribution in [3.63, 3.8) is 0 Å². The molecule has 4 aromatic carbocycles. The van der Waals surface area contributed by atoms with Crippen LogP contribution >= 0.6 is 0 Å². The maximum Gasteiger partial charge on any atom is 0.195 e. The number of para-hydroxylation sites is 2. The molecular weight excluding hydrogens is 356 g/mol. The number of hydrogen-bond acceptors (Lipinski definition) is 2. The predicted molar refractivity (Wildman–Crippen MR) is 117 cm³/mol. The van der Waals surface area contributed by atoms with E-state index in [-0.39, 0.29) is 6.10 Å². The average Bonchev–Trinajstić information content (AvgIpc) is 2.80. The lowest BCUT2D eigenvalue weighted by atomic mass is 9.81. The minimum absolute atomic E-state index is 0.296. The second-order valence-electron chi connectivity index (χ2n) is 6.96. The molecule has 0 heterocycles. The van der Waals surface area contributed by atoms with Crippen LogP contribution in [0.15, 0.2) is 121 Å². The first-order chi connectivity index (χ1) is 14.3. The fourth-order valence-corrected chi connectivity index (χ4v) is 3.67. The molecule has 1 unspecified atom stereocenters. The topological polar surface area (TPSA) is 18.5 Å². The zero-order chi connectivity index (χ0) is 19.9. The molecule has 0 amide bonds. The molecule has 1 atom stereocenters. The van der Waals surface area contributed by atoms with Gasteiger partial charge in [-0.1, -0.05) is 97.1 Å². The zero-order valence-electron chi connectivity index (χ0n) is 16.4. The van der Waals surface area contributed by atoms with Gasteiger partial charge in [0.2, 0.25) is 0 Å². The molecular formula is C27H24O2. The zero-order valence-corrected chi connectivity index (χ0v) is 16.4. The Hall–Kier alpha value is -3.52. The Morgan fingerprint density at radius 3 is 1.34 bits per heavy atom. The molecule has 0 fully saturated rings. The van der Waals surface area contributed by atoms with E-state index in [1.807, 2.05) is 97.1 Å². The molecule has 0 radical (unpaired) electrons. The lowest BCUT2D eigenvalue weighted by molar-refractivity contribution is -0.00450. The molecule has 2 heteroatoms. The molecule has 144 valence electrons. The molecule has 0 aliphatic rings. The van der Waals surface area contributed by atoms with E-state index in [9.17, 15) is 0 Å². The SMILES string of the molecule is CC(Oc1ccccc1)C(Oc1ccccc1)(c1ccccc1)c1ccccc1. The molecule has 2 nitrogen and oxygen atoms in total. The van der Waals surface area contributed by atoms with Gasteiger partial charge in [0.25, 0.3) is 0 Å². The monoisotopic (exact) mass is 380 g/mol. The molecule has 4 rings (SSSR count). The third kappa shape index (κ3) is 4.02. The van der Waals surface area contributed by atoms with Crippen LogP contribution in [0.25, 0.3) is 0 Å². The number of rotatable bonds is 7. The van der Waals surface area contributed by atoms with Crippen molar-refractivity contribution in [1.29, 1.82) is 0 Å². The van der Waals surface area contributed by atoms with Gasteiger partial charge in [-0.3, -0.25) is 0 Å². The Labute approximate surface area is 172 Å². The van der Waals surface area contributed by atoms with Crippen LogP contribution in [0.5, 0.6) is 11.5 Å². The van der Waals surface area contributed by atoms with Crippen molar-refractivity contribution < 1.29 is 9.47 Å². The van der Waals surface area contributed by atoms with Gasteiger partial charge in [-0.2, -0.15) is 0 Å². The summed E-state index contributed by atoms with van der Waals surface area (Å²) in [7, 11) is 0. The second-order valence-corrected chi connectivity index (χ2v) is 6.96. The number of hydrogen-bond donors (Lipinski definition) is 0. The van der Waals surface area contributed by atoms with Crippen molar-refractivity contribution in [2.24, 2.45) is 0 Å². The van der Waals surface area contributed by atoms with Gasteiger partial charge in [0.15, 0.2) is 5.60 Å². The second kappa shape index (κ2) is 8.66. The lowest BCUT2D eigenvalue weighted by Crippen LogP contribution is -2.47. The summed E-state index contributed by atoms with van der Waals surface area (Å²) in [5.41, 5.74) is 1.26. The van der Waals surface area contributed by atoms with E-state index < -0.39 is 5.60 Å². The highest BCUT2D eigenvalue weighted by molar-refractivity contribution is 5.41. The Morgan fingerprint density at radius 2 is 0.897 bits per heavy atom. The van der Waals surface area contributed by atoms with E-state index >= 15 is 0 Å². The number of ether oxygens (including phenoxy) is 2. The van der Waals surface area contributed by atoms with E-state index in [0.717, 1.165) is 22.6 Å². The normalized spacial score (nSPS) is 12.2. The van der Waals surface area contributed by atoms with Gasteiger partial charge < -0.3 is 9.47 Å². The summed E-state index contributed by atoms with van der Waals surface area (Å²) in [5.74, 6) is 1.61. The molecule has 29 heavy (non-hydrogen) atoms. The van der Waals surface area contributed by atoms with Crippen molar-refractivity contribution in [3.05, 3.63) is 132 Å². The lowest BCUT2D eigenvalue weighted by Gasteiger charge is -2.40. The maximum absolute atomic E-state index is 6.78. The quantitative estimate of drug-likeness (QED) is 0.365. The highest BCUT2D eigenvalue weighted by atomic mass is 16.6. The van der Waals surface area contributed by atoms with Gasteiger partial charge in [-0.25, -0.2) is 0 Å². The molecule has 0 saturated carbocycles. The summed E-state index contributed by atoms with van der Waals surface area (Å²) in [5, 5.41) is 0. The Morgan fingerprint density at radius 1 is 0.517 bits per heavy atom. The van der Waals surface area contributed by atoms with E-state index in [1.165, 1.54) is 0 Å². The minimum atomic E-state index is -0.820. The number of benzene rings is 4. The standard InChI is InChI=1S/C27H24O2/c1-22(28-25-18-10-4-11-19-25)27(23-14-6-2-7-15-23,24-16-8-3-9-17-24)29-26-20-12-5-13-21-26/h2-22H,1H3. The van der Waals surface area contributed by atoms with Crippen LogP contribution in [0.3, 0.4) is 0 Å². The Bertz CT molecular complexity index is 960. The van der Waals surface area contributed by atoms with Crippen molar-refractivity contribution in [2.45, 2.75) is 18.6 Å². The van der Waals surface area contributed by atoms with Crippen LogP contribution in [-0.4, -0.2) is 6.10 Å². The minimum Gasteiger partial charge on any atom is -0.486 e. The summed E-state index contributed by atoms with van der Waals surface area (Å²) in [6.45, 7) is 2.07. The smallest absolute Gasteiger partial charge is 0.195 e. The fraction of sp³-hybridized carbons (Fsp3) is 0.111. The molecule has 0 spiro atoms. The molecule has 0 saturated heterocycles. The summed E-state index contributed by atoms with van der Waals surface area (Å²) < 4.78 is 13.2. The molecule has 0 N–H and O–H groups in total. The van der Waals surface area contributed by atoms with Crippen LogP contribution in [0.4, 0.5) is 0 Å². The largest absolute Gasteiger partial charge is 0.486 e. The van der Waals surface area contributed by atoms with Crippen molar-refractivity contribution in [3.8, 4) is 11.5 Å². The van der Waals surface area contributed by atoms with E-state index in [0.29, 0.717) is 0 Å². The Kier molecular flexibility index (Phi) is 5.62. The maximum atomic E-state index is 6.78. The van der Waals surface area contributed by atoms with Crippen LogP contribution in [-0.2, 0) is 5.60 Å². The first kappa shape index (κ1) is 18.8. The van der Waals surface area contributed by atoms with Crippen LogP contribution in [0, 0.1) is 0 Å². The molecule has 0 aliphatic carbocycles. The van der Waals surface area contributed by atoms with E-state index in [4.69, 9.17) is 9.47 Å². The van der Waals surface area contributed by atoms with Gasteiger partial charge in [-0.15, -0.1) is 0 Å². The van der Waals surface area contributed by atoms with Crippen LogP contribution in [0.2, 0.25) is 0 Å². The molecule has 4 aromatic rings. The third-order valence-corrected chi connectivity index (χ3v) is 5.06. The molecule has 0 aromatic heterocycles.